The van der Waals surface area contributed by atoms with Gasteiger partial charge in [-0.1, -0.05) is 17.7 Å². The van der Waals surface area contributed by atoms with Gasteiger partial charge in [-0.3, -0.25) is 0 Å². The molecule has 0 saturated heterocycles. The van der Waals surface area contributed by atoms with Gasteiger partial charge in [0.1, 0.15) is 5.75 Å². The molecular weight excluding hydrogens is 226 g/mol. The summed E-state index contributed by atoms with van der Waals surface area (Å²) in [7, 11) is 1.71. The van der Waals surface area contributed by atoms with Crippen molar-refractivity contribution in [2.75, 3.05) is 26.8 Å². The molecule has 0 amide bonds. The summed E-state index contributed by atoms with van der Waals surface area (Å²) < 4.78 is 5.36. The molecule has 1 aliphatic carbocycles. The zero-order chi connectivity index (χ0) is 13.0. The lowest BCUT2D eigenvalue weighted by atomic mass is 10.1. The maximum Gasteiger partial charge on any atom is 0.122 e. The molecule has 0 aliphatic heterocycles. The second-order valence-corrected chi connectivity index (χ2v) is 5.40. The molecule has 1 aromatic carbocycles. The number of nitrogens with one attached hydrogen (secondary N) is 1. The Morgan fingerprint density at radius 1 is 1.39 bits per heavy atom. The third-order valence-electron chi connectivity index (χ3n) is 3.80. The molecule has 1 saturated carbocycles. The number of rotatable bonds is 7. The number of aryl methyl sites for hydroxylation is 1. The molecule has 2 N–H and O–H groups in total. The number of benzene rings is 1. The molecule has 3 heteroatoms. The molecule has 1 aliphatic rings. The lowest BCUT2D eigenvalue weighted by Crippen LogP contribution is -2.28. The molecule has 100 valence electrons. The largest absolute Gasteiger partial charge is 0.496 e. The lowest BCUT2D eigenvalue weighted by molar-refractivity contribution is 0.208. The van der Waals surface area contributed by atoms with E-state index in [9.17, 15) is 5.11 Å². The third kappa shape index (κ3) is 3.24. The highest BCUT2D eigenvalue weighted by Gasteiger charge is 2.41. The van der Waals surface area contributed by atoms with Crippen LogP contribution in [-0.2, 0) is 6.42 Å². The topological polar surface area (TPSA) is 41.5 Å². The summed E-state index contributed by atoms with van der Waals surface area (Å²) in [5, 5.41) is 12.7. The van der Waals surface area contributed by atoms with Crippen molar-refractivity contribution in [3.8, 4) is 5.75 Å². The number of aliphatic hydroxyl groups excluding tert-OH is 1. The van der Waals surface area contributed by atoms with Crippen molar-refractivity contribution in [2.45, 2.75) is 26.2 Å². The summed E-state index contributed by atoms with van der Waals surface area (Å²) in [4.78, 5) is 0. The first-order valence-electron chi connectivity index (χ1n) is 6.64. The second-order valence-electron chi connectivity index (χ2n) is 5.40. The van der Waals surface area contributed by atoms with Crippen LogP contribution in [0.2, 0.25) is 0 Å². The van der Waals surface area contributed by atoms with Gasteiger partial charge in [-0.15, -0.1) is 0 Å². The summed E-state index contributed by atoms with van der Waals surface area (Å²) in [6, 6.07) is 6.28. The van der Waals surface area contributed by atoms with Gasteiger partial charge in [0.05, 0.1) is 7.11 Å². The molecule has 2 rings (SSSR count). The van der Waals surface area contributed by atoms with Crippen LogP contribution in [0.1, 0.15) is 24.0 Å². The van der Waals surface area contributed by atoms with Crippen LogP contribution in [0.3, 0.4) is 0 Å². The Morgan fingerprint density at radius 3 is 2.78 bits per heavy atom. The molecule has 3 nitrogen and oxygen atoms in total. The van der Waals surface area contributed by atoms with Gasteiger partial charge in [-0.25, -0.2) is 0 Å². The molecule has 1 fully saturated rings. The zero-order valence-corrected chi connectivity index (χ0v) is 11.3. The number of aliphatic hydroxyl groups is 1. The SMILES string of the molecule is COc1ccc(C)cc1CCNCC1(CO)CC1. The van der Waals surface area contributed by atoms with Crippen LogP contribution in [0.25, 0.3) is 0 Å². The predicted octanol–water partition coefficient (Wildman–Crippen LogP) is 1.91. The summed E-state index contributed by atoms with van der Waals surface area (Å²) in [5.74, 6) is 0.964. The maximum absolute atomic E-state index is 9.23. The lowest BCUT2D eigenvalue weighted by Gasteiger charge is -2.14. The van der Waals surface area contributed by atoms with Gasteiger partial charge in [0.15, 0.2) is 0 Å². The maximum atomic E-state index is 9.23. The standard InChI is InChI=1S/C15H23NO2/c1-12-3-4-14(18-2)13(9-12)5-8-16-10-15(11-17)6-7-15/h3-4,9,16-17H,5-8,10-11H2,1-2H3. The van der Waals surface area contributed by atoms with Crippen LogP contribution in [0.4, 0.5) is 0 Å². The first-order chi connectivity index (χ1) is 8.69. The molecule has 0 unspecified atom stereocenters. The first kappa shape index (κ1) is 13.4. The van der Waals surface area contributed by atoms with Crippen LogP contribution < -0.4 is 10.1 Å². The smallest absolute Gasteiger partial charge is 0.122 e. The highest BCUT2D eigenvalue weighted by atomic mass is 16.5. The number of hydrogen-bond acceptors (Lipinski definition) is 3. The van der Waals surface area contributed by atoms with Crippen molar-refractivity contribution in [3.63, 3.8) is 0 Å². The average Bonchev–Trinajstić information content (AvgIpc) is 3.16. The van der Waals surface area contributed by atoms with Crippen LogP contribution in [0.15, 0.2) is 18.2 Å². The zero-order valence-electron chi connectivity index (χ0n) is 11.3. The number of ether oxygens (including phenoxy) is 1. The van der Waals surface area contributed by atoms with Crippen molar-refractivity contribution >= 4 is 0 Å². The summed E-state index contributed by atoms with van der Waals surface area (Å²) in [6.07, 6.45) is 3.28. The molecule has 0 radical (unpaired) electrons. The Kier molecular flexibility index (Phi) is 4.25. The highest BCUT2D eigenvalue weighted by molar-refractivity contribution is 5.37. The van der Waals surface area contributed by atoms with Crippen molar-refractivity contribution in [3.05, 3.63) is 29.3 Å². The van der Waals surface area contributed by atoms with Crippen molar-refractivity contribution < 1.29 is 9.84 Å². The summed E-state index contributed by atoms with van der Waals surface area (Å²) >= 11 is 0. The van der Waals surface area contributed by atoms with Gasteiger partial charge in [-0.2, -0.15) is 0 Å². The highest BCUT2D eigenvalue weighted by Crippen LogP contribution is 2.44. The first-order valence-corrected chi connectivity index (χ1v) is 6.64. The minimum atomic E-state index is 0.191. The molecule has 0 atom stereocenters. The second kappa shape index (κ2) is 5.72. The van der Waals surface area contributed by atoms with Gasteiger partial charge in [-0.05, 0) is 44.4 Å². The molecular formula is C15H23NO2. The van der Waals surface area contributed by atoms with E-state index in [2.05, 4.69) is 24.4 Å². The predicted molar refractivity (Wildman–Crippen MR) is 73.1 cm³/mol. The fraction of sp³-hybridized carbons (Fsp3) is 0.600. The Hall–Kier alpha value is -1.06. The monoisotopic (exact) mass is 249 g/mol. The molecule has 0 aromatic heterocycles. The fourth-order valence-corrected chi connectivity index (χ4v) is 2.25. The van der Waals surface area contributed by atoms with Crippen molar-refractivity contribution in [2.24, 2.45) is 5.41 Å². The van der Waals surface area contributed by atoms with Gasteiger partial charge in [0.25, 0.3) is 0 Å². The van der Waals surface area contributed by atoms with E-state index in [-0.39, 0.29) is 5.41 Å². The van der Waals surface area contributed by atoms with Gasteiger partial charge >= 0.3 is 0 Å². The van der Waals surface area contributed by atoms with Gasteiger partial charge < -0.3 is 15.2 Å². The molecule has 0 heterocycles. The molecule has 18 heavy (non-hydrogen) atoms. The van der Waals surface area contributed by atoms with Crippen LogP contribution in [0.5, 0.6) is 5.75 Å². The minimum absolute atomic E-state index is 0.191. The molecule has 0 spiro atoms. The Balaban J connectivity index is 1.80. The van der Waals surface area contributed by atoms with E-state index in [0.717, 1.165) is 38.1 Å². The van der Waals surface area contributed by atoms with E-state index < -0.39 is 0 Å². The van der Waals surface area contributed by atoms with Crippen LogP contribution in [0, 0.1) is 12.3 Å². The third-order valence-corrected chi connectivity index (χ3v) is 3.80. The average molecular weight is 249 g/mol. The number of hydrogen-bond donors (Lipinski definition) is 2. The van der Waals surface area contributed by atoms with Crippen molar-refractivity contribution in [1.82, 2.24) is 5.32 Å². The van der Waals surface area contributed by atoms with Crippen LogP contribution >= 0.6 is 0 Å². The van der Waals surface area contributed by atoms with Crippen LogP contribution in [-0.4, -0.2) is 31.9 Å². The van der Waals surface area contributed by atoms with E-state index in [1.807, 2.05) is 6.07 Å². The molecule has 1 aromatic rings. The van der Waals surface area contributed by atoms with E-state index in [1.165, 1.54) is 11.1 Å². The Morgan fingerprint density at radius 2 is 2.17 bits per heavy atom. The summed E-state index contributed by atoms with van der Waals surface area (Å²) in [6.45, 7) is 4.27. The van der Waals surface area contributed by atoms with E-state index in [0.29, 0.717) is 6.61 Å². The van der Waals surface area contributed by atoms with E-state index in [4.69, 9.17) is 4.74 Å². The number of methoxy groups -OCH3 is 1. The van der Waals surface area contributed by atoms with Crippen molar-refractivity contribution in [1.29, 1.82) is 0 Å². The molecule has 0 bridgehead atoms. The Bertz CT molecular complexity index is 399. The summed E-state index contributed by atoms with van der Waals surface area (Å²) in [5.41, 5.74) is 2.70. The van der Waals surface area contributed by atoms with Gasteiger partial charge in [0.2, 0.25) is 0 Å². The fourth-order valence-electron chi connectivity index (χ4n) is 2.25. The van der Waals surface area contributed by atoms with Gasteiger partial charge in [0, 0.05) is 18.6 Å². The van der Waals surface area contributed by atoms with E-state index in [1.54, 1.807) is 7.11 Å². The normalized spacial score (nSPS) is 16.6. The van der Waals surface area contributed by atoms with E-state index >= 15 is 0 Å². The quantitative estimate of drug-likeness (QED) is 0.725. The Labute approximate surface area is 109 Å². The minimum Gasteiger partial charge on any atom is -0.496 e.